The van der Waals surface area contributed by atoms with Crippen LogP contribution in [0.3, 0.4) is 0 Å². The van der Waals surface area contributed by atoms with Crippen molar-refractivity contribution >= 4 is 0 Å². The first-order valence-corrected chi connectivity index (χ1v) is 4.70. The zero-order valence-corrected chi connectivity index (χ0v) is 8.78. The molecule has 0 amide bonds. The second kappa shape index (κ2) is 6.06. The molecule has 0 rings (SSSR count). The van der Waals surface area contributed by atoms with Gasteiger partial charge in [-0.1, -0.05) is 34.3 Å². The summed E-state index contributed by atoms with van der Waals surface area (Å²) in [6.45, 7) is 14.5. The maximum absolute atomic E-state index is 3.93. The molecule has 0 unspecified atom stereocenters. The Morgan fingerprint density at radius 3 is 2.17 bits per heavy atom. The van der Waals surface area contributed by atoms with E-state index in [0.717, 1.165) is 18.8 Å². The Balaban J connectivity index is 3.26. The van der Waals surface area contributed by atoms with Crippen molar-refractivity contribution in [3.63, 3.8) is 0 Å². The highest BCUT2D eigenvalue weighted by molar-refractivity contribution is 4.94. The fourth-order valence-corrected chi connectivity index (χ4v) is 0.788. The molecule has 12 heavy (non-hydrogen) atoms. The van der Waals surface area contributed by atoms with Crippen LogP contribution >= 0.6 is 0 Å². The number of hydrogen-bond acceptors (Lipinski definition) is 2. The van der Waals surface area contributed by atoms with Gasteiger partial charge < -0.3 is 10.6 Å². The predicted octanol–water partition coefficient (Wildman–Crippen LogP) is 1.74. The van der Waals surface area contributed by atoms with Crippen molar-refractivity contribution in [2.24, 2.45) is 5.92 Å². The van der Waals surface area contributed by atoms with E-state index in [9.17, 15) is 0 Å². The molecule has 2 N–H and O–H groups in total. The Morgan fingerprint density at radius 2 is 1.75 bits per heavy atom. The van der Waals surface area contributed by atoms with Gasteiger partial charge in [0.25, 0.3) is 0 Å². The van der Waals surface area contributed by atoms with Crippen LogP contribution in [0.1, 0.15) is 27.7 Å². The lowest BCUT2D eigenvalue weighted by Gasteiger charge is -2.13. The monoisotopic (exact) mass is 170 g/mol. The van der Waals surface area contributed by atoms with E-state index < -0.39 is 0 Å². The highest BCUT2D eigenvalue weighted by Gasteiger charge is 1.97. The van der Waals surface area contributed by atoms with Crippen molar-refractivity contribution in [3.8, 4) is 0 Å². The van der Waals surface area contributed by atoms with Crippen molar-refractivity contribution in [2.45, 2.75) is 33.7 Å². The maximum atomic E-state index is 3.93. The molecule has 0 aromatic rings. The van der Waals surface area contributed by atoms with Gasteiger partial charge >= 0.3 is 0 Å². The van der Waals surface area contributed by atoms with Crippen LogP contribution in [-0.4, -0.2) is 19.1 Å². The van der Waals surface area contributed by atoms with Gasteiger partial charge in [0.2, 0.25) is 0 Å². The Kier molecular flexibility index (Phi) is 5.81. The van der Waals surface area contributed by atoms with Crippen LogP contribution in [0.4, 0.5) is 0 Å². The molecule has 0 heterocycles. The lowest BCUT2D eigenvalue weighted by atomic mass is 10.1. The molecule has 0 fully saturated rings. The van der Waals surface area contributed by atoms with E-state index in [1.807, 2.05) is 0 Å². The van der Waals surface area contributed by atoms with Crippen LogP contribution in [0.2, 0.25) is 0 Å². The molecule has 2 heteroatoms. The van der Waals surface area contributed by atoms with Crippen molar-refractivity contribution in [2.75, 3.05) is 13.1 Å². The fourth-order valence-electron chi connectivity index (χ4n) is 0.788. The van der Waals surface area contributed by atoms with Crippen LogP contribution in [0.25, 0.3) is 0 Å². The predicted molar refractivity (Wildman–Crippen MR) is 55.1 cm³/mol. The third kappa shape index (κ3) is 6.23. The lowest BCUT2D eigenvalue weighted by molar-refractivity contribution is 0.560. The van der Waals surface area contributed by atoms with Crippen molar-refractivity contribution in [1.29, 1.82) is 0 Å². The minimum atomic E-state index is 0.532. The average Bonchev–Trinajstić information content (AvgIpc) is 1.97. The van der Waals surface area contributed by atoms with E-state index in [2.05, 4.69) is 44.9 Å². The zero-order chi connectivity index (χ0) is 9.56. The van der Waals surface area contributed by atoms with Gasteiger partial charge in [-0.05, 0) is 5.92 Å². The van der Waals surface area contributed by atoms with Crippen LogP contribution in [-0.2, 0) is 0 Å². The second-order valence-electron chi connectivity index (χ2n) is 3.72. The first-order valence-electron chi connectivity index (χ1n) is 4.70. The summed E-state index contributed by atoms with van der Waals surface area (Å²) in [5, 5.41) is 6.62. The van der Waals surface area contributed by atoms with Gasteiger partial charge in [0.15, 0.2) is 0 Å². The Hall–Kier alpha value is -0.500. The summed E-state index contributed by atoms with van der Waals surface area (Å²) < 4.78 is 0. The summed E-state index contributed by atoms with van der Waals surface area (Å²) in [7, 11) is 0. The molecule has 0 bridgehead atoms. The molecule has 0 saturated carbocycles. The fraction of sp³-hybridized carbons (Fsp3) is 0.800. The molecule has 0 atom stereocenters. The minimum Gasteiger partial charge on any atom is -0.387 e. The van der Waals surface area contributed by atoms with Gasteiger partial charge in [0, 0.05) is 24.8 Å². The standard InChI is InChI=1S/C10H22N2/c1-8(2)10(5)12-7-6-11-9(3)4/h8-9,11-12H,5-7H2,1-4H3. The Morgan fingerprint density at radius 1 is 1.17 bits per heavy atom. The molecule has 0 saturated heterocycles. The first kappa shape index (κ1) is 11.5. The molecule has 0 aromatic heterocycles. The molecule has 2 nitrogen and oxygen atoms in total. The molecule has 0 aromatic carbocycles. The van der Waals surface area contributed by atoms with Crippen LogP contribution in [0, 0.1) is 5.92 Å². The maximum Gasteiger partial charge on any atom is 0.0269 e. The summed E-state index contributed by atoms with van der Waals surface area (Å²) in [4.78, 5) is 0. The molecule has 0 spiro atoms. The van der Waals surface area contributed by atoms with E-state index in [4.69, 9.17) is 0 Å². The summed E-state index contributed by atoms with van der Waals surface area (Å²) in [5.74, 6) is 0.532. The summed E-state index contributed by atoms with van der Waals surface area (Å²) in [5.41, 5.74) is 1.13. The van der Waals surface area contributed by atoms with E-state index in [0.29, 0.717) is 12.0 Å². The highest BCUT2D eigenvalue weighted by Crippen LogP contribution is 2.00. The van der Waals surface area contributed by atoms with Gasteiger partial charge in [-0.3, -0.25) is 0 Å². The summed E-state index contributed by atoms with van der Waals surface area (Å²) >= 11 is 0. The number of rotatable bonds is 6. The summed E-state index contributed by atoms with van der Waals surface area (Å²) in [6.07, 6.45) is 0. The molecular weight excluding hydrogens is 148 g/mol. The number of allylic oxidation sites excluding steroid dienone is 1. The van der Waals surface area contributed by atoms with Gasteiger partial charge in [-0.2, -0.15) is 0 Å². The molecule has 0 aliphatic heterocycles. The van der Waals surface area contributed by atoms with Crippen LogP contribution in [0.15, 0.2) is 12.3 Å². The lowest BCUT2D eigenvalue weighted by Crippen LogP contribution is -2.31. The van der Waals surface area contributed by atoms with Crippen molar-refractivity contribution in [1.82, 2.24) is 10.6 Å². The second-order valence-corrected chi connectivity index (χ2v) is 3.72. The summed E-state index contributed by atoms with van der Waals surface area (Å²) in [6, 6.07) is 0.569. The average molecular weight is 170 g/mol. The third-order valence-corrected chi connectivity index (χ3v) is 1.73. The number of hydrogen-bond donors (Lipinski definition) is 2. The highest BCUT2D eigenvalue weighted by atomic mass is 15.0. The van der Waals surface area contributed by atoms with Gasteiger partial charge in [-0.15, -0.1) is 0 Å². The Labute approximate surface area is 76.4 Å². The van der Waals surface area contributed by atoms with Gasteiger partial charge in [-0.25, -0.2) is 0 Å². The molecule has 72 valence electrons. The van der Waals surface area contributed by atoms with Crippen LogP contribution < -0.4 is 10.6 Å². The first-order chi connectivity index (χ1) is 5.54. The van der Waals surface area contributed by atoms with Crippen molar-refractivity contribution in [3.05, 3.63) is 12.3 Å². The minimum absolute atomic E-state index is 0.532. The normalized spacial score (nSPS) is 10.8. The van der Waals surface area contributed by atoms with E-state index in [-0.39, 0.29) is 0 Å². The molecular formula is C10H22N2. The molecule has 0 radical (unpaired) electrons. The van der Waals surface area contributed by atoms with Gasteiger partial charge in [0.05, 0.1) is 0 Å². The zero-order valence-electron chi connectivity index (χ0n) is 8.78. The molecule has 0 aliphatic carbocycles. The largest absolute Gasteiger partial charge is 0.387 e. The topological polar surface area (TPSA) is 24.1 Å². The number of nitrogens with one attached hydrogen (secondary N) is 2. The van der Waals surface area contributed by atoms with Crippen molar-refractivity contribution < 1.29 is 0 Å². The SMILES string of the molecule is C=C(NCCNC(C)C)C(C)C. The van der Waals surface area contributed by atoms with E-state index in [1.54, 1.807) is 0 Å². The Bertz CT molecular complexity index is 128. The van der Waals surface area contributed by atoms with Gasteiger partial charge in [0.1, 0.15) is 0 Å². The third-order valence-electron chi connectivity index (χ3n) is 1.73. The quantitative estimate of drug-likeness (QED) is 0.593. The molecule has 0 aliphatic rings. The van der Waals surface area contributed by atoms with E-state index >= 15 is 0 Å². The van der Waals surface area contributed by atoms with E-state index in [1.165, 1.54) is 0 Å². The smallest absolute Gasteiger partial charge is 0.0269 e. The van der Waals surface area contributed by atoms with Crippen LogP contribution in [0.5, 0.6) is 0 Å².